The van der Waals surface area contributed by atoms with E-state index in [2.05, 4.69) is 39.8 Å². The van der Waals surface area contributed by atoms with Crippen LogP contribution >= 0.6 is 11.8 Å². The molecule has 3 aliphatic heterocycles. The van der Waals surface area contributed by atoms with Crippen molar-refractivity contribution in [2.24, 2.45) is 0 Å². The summed E-state index contributed by atoms with van der Waals surface area (Å²) in [6.45, 7) is 3.44. The molecule has 0 radical (unpaired) electrons. The second kappa shape index (κ2) is 8.42. The molecule has 3 aliphatic rings. The monoisotopic (exact) mass is 388 g/mol. The Hall–Kier alpha value is -1.89. The summed E-state index contributed by atoms with van der Waals surface area (Å²) in [6, 6.07) is 10.9. The Kier molecular flexibility index (Phi) is 5.76. The Morgan fingerprint density at radius 1 is 1.07 bits per heavy atom. The van der Waals surface area contributed by atoms with Crippen LogP contribution in [0, 0.1) is 0 Å². The van der Waals surface area contributed by atoms with Gasteiger partial charge in [0.2, 0.25) is 5.91 Å². The van der Waals surface area contributed by atoms with Gasteiger partial charge in [0.25, 0.3) is 0 Å². The zero-order valence-electron chi connectivity index (χ0n) is 15.6. The maximum atomic E-state index is 12.5. The number of benzene rings is 1. The van der Waals surface area contributed by atoms with Gasteiger partial charge in [-0.15, -0.1) is 0 Å². The maximum Gasteiger partial charge on any atom is 0.315 e. The molecule has 3 saturated heterocycles. The molecule has 0 bridgehead atoms. The quantitative estimate of drug-likeness (QED) is 0.578. The Morgan fingerprint density at radius 3 is 2.63 bits per heavy atom. The number of piperazine rings is 1. The Bertz CT molecular complexity index is 663. The number of unbranched alkanes of at least 4 members (excludes halogenated alkanes) is 1. The van der Waals surface area contributed by atoms with Gasteiger partial charge >= 0.3 is 6.03 Å². The molecule has 146 valence electrons. The third kappa shape index (κ3) is 4.34. The van der Waals surface area contributed by atoms with Crippen LogP contribution in [0.2, 0.25) is 0 Å². The number of amides is 3. The van der Waals surface area contributed by atoms with Crippen molar-refractivity contribution in [3.8, 4) is 0 Å². The van der Waals surface area contributed by atoms with Crippen molar-refractivity contribution in [1.29, 1.82) is 0 Å². The molecular formula is C20H28N4O2S. The minimum Gasteiger partial charge on any atom is -0.368 e. The third-order valence-electron chi connectivity index (χ3n) is 5.82. The highest BCUT2D eigenvalue weighted by molar-refractivity contribution is 8.00. The normalized spacial score (nSPS) is 27.3. The molecule has 1 aromatic rings. The lowest BCUT2D eigenvalue weighted by atomic mass is 10.0. The van der Waals surface area contributed by atoms with Gasteiger partial charge in [-0.2, -0.15) is 11.8 Å². The van der Waals surface area contributed by atoms with E-state index in [9.17, 15) is 9.59 Å². The van der Waals surface area contributed by atoms with E-state index >= 15 is 0 Å². The number of hydrogen-bond acceptors (Lipinski definition) is 4. The molecule has 0 spiro atoms. The van der Waals surface area contributed by atoms with Crippen LogP contribution in [-0.4, -0.2) is 66.1 Å². The van der Waals surface area contributed by atoms with Crippen LogP contribution < -0.4 is 15.5 Å². The molecule has 6 nitrogen and oxygen atoms in total. The number of carbonyl (C=O) groups is 2. The van der Waals surface area contributed by atoms with Crippen LogP contribution in [0.3, 0.4) is 0 Å². The highest BCUT2D eigenvalue weighted by Gasteiger charge is 2.42. The number of nitrogens with zero attached hydrogens (tertiary/aromatic N) is 2. The molecule has 3 amide bonds. The number of thioether (sulfide) groups is 1. The lowest BCUT2D eigenvalue weighted by Gasteiger charge is -2.36. The number of rotatable bonds is 6. The fraction of sp³-hybridized carbons (Fsp3) is 0.600. The first-order valence-electron chi connectivity index (χ1n) is 9.97. The molecule has 2 N–H and O–H groups in total. The Labute approximate surface area is 165 Å². The fourth-order valence-electron chi connectivity index (χ4n) is 4.28. The average molecular weight is 389 g/mol. The Morgan fingerprint density at radius 2 is 1.85 bits per heavy atom. The summed E-state index contributed by atoms with van der Waals surface area (Å²) >= 11 is 1.94. The molecule has 1 aromatic carbocycles. The highest BCUT2D eigenvalue weighted by Crippen LogP contribution is 2.33. The van der Waals surface area contributed by atoms with Crippen molar-refractivity contribution in [3.05, 3.63) is 30.3 Å². The van der Waals surface area contributed by atoms with E-state index in [4.69, 9.17) is 0 Å². The van der Waals surface area contributed by atoms with Crippen molar-refractivity contribution >= 4 is 29.4 Å². The molecule has 0 aromatic heterocycles. The number of urea groups is 1. The standard InChI is InChI=1S/C20H28N4O2S/c25-18(24-12-10-23(11-13-24)15-6-2-1-3-7-15)9-5-4-8-17-19-16(14-27-17)21-20(26)22-19/h1-3,6-7,16-17,19H,4-5,8-14H2,(H2,21,22,26)/t16-,17+,19-/m1/s1. The van der Waals surface area contributed by atoms with Crippen LogP contribution in [0.5, 0.6) is 0 Å². The summed E-state index contributed by atoms with van der Waals surface area (Å²) < 4.78 is 0. The van der Waals surface area contributed by atoms with Gasteiger partial charge in [0.05, 0.1) is 12.1 Å². The van der Waals surface area contributed by atoms with E-state index in [0.717, 1.165) is 51.2 Å². The van der Waals surface area contributed by atoms with Gasteiger partial charge in [-0.1, -0.05) is 24.6 Å². The molecule has 0 saturated carbocycles. The number of carbonyl (C=O) groups excluding carboxylic acids is 2. The number of fused-ring (bicyclic) bond motifs is 1. The molecule has 4 rings (SSSR count). The largest absolute Gasteiger partial charge is 0.368 e. The fourth-order valence-corrected chi connectivity index (χ4v) is 5.82. The summed E-state index contributed by atoms with van der Waals surface area (Å²) in [5, 5.41) is 6.50. The number of anilines is 1. The van der Waals surface area contributed by atoms with E-state index in [0.29, 0.717) is 11.7 Å². The average Bonchev–Trinajstić information content (AvgIpc) is 3.25. The van der Waals surface area contributed by atoms with E-state index in [1.54, 1.807) is 0 Å². The molecular weight excluding hydrogens is 360 g/mol. The lowest BCUT2D eigenvalue weighted by molar-refractivity contribution is -0.131. The first-order valence-corrected chi connectivity index (χ1v) is 11.0. The van der Waals surface area contributed by atoms with Gasteiger partial charge in [-0.3, -0.25) is 4.79 Å². The van der Waals surface area contributed by atoms with Gasteiger partial charge in [-0.05, 0) is 25.0 Å². The lowest BCUT2D eigenvalue weighted by Crippen LogP contribution is -2.48. The van der Waals surface area contributed by atoms with Gasteiger partial charge in [0.15, 0.2) is 0 Å². The molecule has 3 atom stereocenters. The van der Waals surface area contributed by atoms with Crippen LogP contribution in [0.25, 0.3) is 0 Å². The number of nitrogens with one attached hydrogen (secondary N) is 2. The van der Waals surface area contributed by atoms with Crippen LogP contribution in [0.15, 0.2) is 30.3 Å². The highest BCUT2D eigenvalue weighted by atomic mass is 32.2. The van der Waals surface area contributed by atoms with Gasteiger partial charge in [0.1, 0.15) is 0 Å². The summed E-state index contributed by atoms with van der Waals surface area (Å²) in [5.41, 5.74) is 1.24. The summed E-state index contributed by atoms with van der Waals surface area (Å²) in [7, 11) is 0. The zero-order valence-corrected chi connectivity index (χ0v) is 16.4. The predicted molar refractivity (Wildman–Crippen MR) is 109 cm³/mol. The molecule has 0 aliphatic carbocycles. The Balaban J connectivity index is 1.14. The molecule has 0 unspecified atom stereocenters. The number of hydrogen-bond donors (Lipinski definition) is 2. The van der Waals surface area contributed by atoms with Crippen LogP contribution in [-0.2, 0) is 4.79 Å². The van der Waals surface area contributed by atoms with E-state index in [-0.39, 0.29) is 24.0 Å². The number of para-hydroxylation sites is 1. The van der Waals surface area contributed by atoms with Crippen molar-refractivity contribution in [1.82, 2.24) is 15.5 Å². The SMILES string of the molecule is O=C1N[C@H]2[C@H](CCCCC(=O)N3CCN(c4ccccc4)CC3)SC[C@H]2N1. The molecule has 3 heterocycles. The topological polar surface area (TPSA) is 64.7 Å². The smallest absolute Gasteiger partial charge is 0.315 e. The van der Waals surface area contributed by atoms with Crippen molar-refractivity contribution in [3.63, 3.8) is 0 Å². The van der Waals surface area contributed by atoms with Gasteiger partial charge in [0, 0.05) is 49.3 Å². The maximum absolute atomic E-state index is 12.5. The summed E-state index contributed by atoms with van der Waals surface area (Å²) in [6.07, 6.45) is 3.70. The first kappa shape index (κ1) is 18.5. The van der Waals surface area contributed by atoms with E-state index in [1.165, 1.54) is 5.69 Å². The predicted octanol–water partition coefficient (Wildman–Crippen LogP) is 2.06. The van der Waals surface area contributed by atoms with Gasteiger partial charge in [-0.25, -0.2) is 4.79 Å². The van der Waals surface area contributed by atoms with Crippen LogP contribution in [0.1, 0.15) is 25.7 Å². The van der Waals surface area contributed by atoms with Crippen molar-refractivity contribution in [2.45, 2.75) is 43.0 Å². The van der Waals surface area contributed by atoms with E-state index < -0.39 is 0 Å². The minimum atomic E-state index is -0.0277. The second-order valence-corrected chi connectivity index (χ2v) is 8.84. The zero-order chi connectivity index (χ0) is 18.6. The van der Waals surface area contributed by atoms with Crippen molar-refractivity contribution < 1.29 is 9.59 Å². The molecule has 3 fully saturated rings. The molecule has 7 heteroatoms. The molecule has 27 heavy (non-hydrogen) atoms. The first-order chi connectivity index (χ1) is 13.2. The van der Waals surface area contributed by atoms with Gasteiger partial charge < -0.3 is 20.4 Å². The minimum absolute atomic E-state index is 0.0277. The van der Waals surface area contributed by atoms with E-state index in [1.807, 2.05) is 22.7 Å². The van der Waals surface area contributed by atoms with Crippen LogP contribution in [0.4, 0.5) is 10.5 Å². The third-order valence-corrected chi connectivity index (χ3v) is 7.33. The second-order valence-electron chi connectivity index (χ2n) is 7.57. The summed E-state index contributed by atoms with van der Waals surface area (Å²) in [5.74, 6) is 1.29. The summed E-state index contributed by atoms with van der Waals surface area (Å²) in [4.78, 5) is 28.3. The van der Waals surface area contributed by atoms with Crippen molar-refractivity contribution in [2.75, 3.05) is 36.8 Å².